The monoisotopic (exact) mass is 259 g/mol. The van der Waals surface area contributed by atoms with E-state index in [4.69, 9.17) is 5.11 Å². The Morgan fingerprint density at radius 1 is 1.39 bits per heavy atom. The second-order valence-corrected chi connectivity index (χ2v) is 4.60. The molecule has 1 fully saturated rings. The fourth-order valence-corrected chi connectivity index (χ4v) is 1.98. The SMILES string of the molecule is CC(O)C(NC(=O)N(C)C1CCNCC1)C(=O)O. The molecule has 18 heavy (non-hydrogen) atoms. The summed E-state index contributed by atoms with van der Waals surface area (Å²) in [5.41, 5.74) is 0. The van der Waals surface area contributed by atoms with Crippen molar-refractivity contribution in [2.45, 2.75) is 38.0 Å². The minimum absolute atomic E-state index is 0.106. The summed E-state index contributed by atoms with van der Waals surface area (Å²) in [7, 11) is 1.65. The largest absolute Gasteiger partial charge is 0.480 e. The van der Waals surface area contributed by atoms with E-state index in [0.29, 0.717) is 0 Å². The molecule has 0 aromatic rings. The van der Waals surface area contributed by atoms with Crippen molar-refractivity contribution in [3.8, 4) is 0 Å². The Hall–Kier alpha value is -1.34. The van der Waals surface area contributed by atoms with Crippen molar-refractivity contribution >= 4 is 12.0 Å². The number of aliphatic hydroxyl groups is 1. The number of urea groups is 1. The summed E-state index contributed by atoms with van der Waals surface area (Å²) in [5, 5.41) is 23.7. The van der Waals surface area contributed by atoms with Crippen LogP contribution in [0.4, 0.5) is 4.79 Å². The van der Waals surface area contributed by atoms with Crippen LogP contribution in [0.1, 0.15) is 19.8 Å². The van der Waals surface area contributed by atoms with Gasteiger partial charge in [0.15, 0.2) is 6.04 Å². The fraction of sp³-hybridized carbons (Fsp3) is 0.818. The van der Waals surface area contributed by atoms with Crippen molar-refractivity contribution in [2.75, 3.05) is 20.1 Å². The predicted molar refractivity (Wildman–Crippen MR) is 65.3 cm³/mol. The lowest BCUT2D eigenvalue weighted by molar-refractivity contribution is -0.141. The highest BCUT2D eigenvalue weighted by Gasteiger charge is 2.28. The van der Waals surface area contributed by atoms with Crippen LogP contribution < -0.4 is 10.6 Å². The van der Waals surface area contributed by atoms with Crippen LogP contribution in [0, 0.1) is 0 Å². The number of aliphatic hydroxyl groups excluding tert-OH is 1. The third-order valence-corrected chi connectivity index (χ3v) is 3.20. The van der Waals surface area contributed by atoms with Crippen molar-refractivity contribution in [2.24, 2.45) is 0 Å². The van der Waals surface area contributed by atoms with Crippen molar-refractivity contribution < 1.29 is 19.8 Å². The van der Waals surface area contributed by atoms with E-state index in [-0.39, 0.29) is 6.04 Å². The lowest BCUT2D eigenvalue weighted by atomic mass is 10.1. The molecule has 1 rings (SSSR count). The molecule has 1 aliphatic rings. The van der Waals surface area contributed by atoms with Crippen LogP contribution in [-0.2, 0) is 4.79 Å². The predicted octanol–water partition coefficient (Wildman–Crippen LogP) is -0.786. The molecule has 1 aliphatic heterocycles. The Balaban J connectivity index is 2.54. The number of rotatable bonds is 4. The van der Waals surface area contributed by atoms with Crippen LogP contribution in [0.5, 0.6) is 0 Å². The Labute approximate surface area is 106 Å². The Bertz CT molecular complexity index is 303. The molecule has 1 saturated heterocycles. The molecular weight excluding hydrogens is 238 g/mol. The number of hydrogen-bond donors (Lipinski definition) is 4. The smallest absolute Gasteiger partial charge is 0.328 e. The van der Waals surface area contributed by atoms with Gasteiger partial charge in [-0.1, -0.05) is 0 Å². The van der Waals surface area contributed by atoms with E-state index in [2.05, 4.69) is 10.6 Å². The maximum absolute atomic E-state index is 11.9. The molecule has 2 amide bonds. The standard InChI is InChI=1S/C11H21N3O4/c1-7(15)9(10(16)17)13-11(18)14(2)8-3-5-12-6-4-8/h7-9,12,15H,3-6H2,1-2H3,(H,13,18)(H,16,17). The lowest BCUT2D eigenvalue weighted by Crippen LogP contribution is -2.54. The summed E-state index contributed by atoms with van der Waals surface area (Å²) in [6, 6.07) is -1.63. The third kappa shape index (κ3) is 3.85. The molecule has 0 bridgehead atoms. The number of nitrogens with zero attached hydrogens (tertiary/aromatic N) is 1. The van der Waals surface area contributed by atoms with Crippen molar-refractivity contribution in [1.29, 1.82) is 0 Å². The number of aliphatic carboxylic acids is 1. The highest BCUT2D eigenvalue weighted by molar-refractivity contribution is 5.83. The molecule has 104 valence electrons. The average Bonchev–Trinajstić information content (AvgIpc) is 2.35. The number of piperidine rings is 1. The van der Waals surface area contributed by atoms with Gasteiger partial charge < -0.3 is 25.7 Å². The highest BCUT2D eigenvalue weighted by Crippen LogP contribution is 2.10. The number of carboxylic acids is 1. The van der Waals surface area contributed by atoms with E-state index in [1.165, 1.54) is 11.8 Å². The van der Waals surface area contributed by atoms with Gasteiger partial charge >= 0.3 is 12.0 Å². The average molecular weight is 259 g/mol. The van der Waals surface area contributed by atoms with Crippen LogP contribution in [-0.4, -0.2) is 65.4 Å². The molecular formula is C11H21N3O4. The van der Waals surface area contributed by atoms with Gasteiger partial charge in [-0.2, -0.15) is 0 Å². The normalized spacial score (nSPS) is 19.9. The second kappa shape index (κ2) is 6.55. The topological polar surface area (TPSA) is 102 Å². The first kappa shape index (κ1) is 14.7. The zero-order valence-corrected chi connectivity index (χ0v) is 10.7. The van der Waals surface area contributed by atoms with Crippen LogP contribution in [0.3, 0.4) is 0 Å². The van der Waals surface area contributed by atoms with Gasteiger partial charge in [0, 0.05) is 13.1 Å². The zero-order chi connectivity index (χ0) is 13.7. The third-order valence-electron chi connectivity index (χ3n) is 3.20. The molecule has 2 unspecified atom stereocenters. The molecule has 0 aromatic carbocycles. The molecule has 0 aromatic heterocycles. The van der Waals surface area contributed by atoms with E-state index in [9.17, 15) is 14.7 Å². The minimum Gasteiger partial charge on any atom is -0.480 e. The first-order chi connectivity index (χ1) is 8.43. The Kier molecular flexibility index (Phi) is 5.36. The van der Waals surface area contributed by atoms with Gasteiger partial charge in [0.1, 0.15) is 0 Å². The van der Waals surface area contributed by atoms with E-state index in [1.807, 2.05) is 0 Å². The highest BCUT2D eigenvalue weighted by atomic mass is 16.4. The van der Waals surface area contributed by atoms with E-state index < -0.39 is 24.1 Å². The van der Waals surface area contributed by atoms with Gasteiger partial charge in [-0.25, -0.2) is 9.59 Å². The summed E-state index contributed by atoms with van der Waals surface area (Å²) in [5.74, 6) is -1.24. The van der Waals surface area contributed by atoms with Crippen molar-refractivity contribution in [3.63, 3.8) is 0 Å². The van der Waals surface area contributed by atoms with Crippen LogP contribution in [0.2, 0.25) is 0 Å². The van der Waals surface area contributed by atoms with Crippen molar-refractivity contribution in [1.82, 2.24) is 15.5 Å². The van der Waals surface area contributed by atoms with Crippen LogP contribution in [0.15, 0.2) is 0 Å². The van der Waals surface area contributed by atoms with Gasteiger partial charge in [0.25, 0.3) is 0 Å². The molecule has 0 aliphatic carbocycles. The molecule has 0 spiro atoms. The number of nitrogens with one attached hydrogen (secondary N) is 2. The Morgan fingerprint density at radius 2 is 1.94 bits per heavy atom. The summed E-state index contributed by atoms with van der Waals surface area (Å²) in [4.78, 5) is 24.3. The van der Waals surface area contributed by atoms with E-state index in [0.717, 1.165) is 25.9 Å². The molecule has 0 saturated carbocycles. The molecule has 7 nitrogen and oxygen atoms in total. The van der Waals surface area contributed by atoms with Crippen molar-refractivity contribution in [3.05, 3.63) is 0 Å². The molecule has 0 radical (unpaired) electrons. The summed E-state index contributed by atoms with van der Waals surface area (Å²) in [6.45, 7) is 3.03. The summed E-state index contributed by atoms with van der Waals surface area (Å²) in [6.07, 6.45) is 0.556. The summed E-state index contributed by atoms with van der Waals surface area (Å²) < 4.78 is 0. The number of hydrogen-bond acceptors (Lipinski definition) is 4. The number of carbonyl (C=O) groups is 2. The maximum Gasteiger partial charge on any atom is 0.328 e. The Morgan fingerprint density at radius 3 is 2.39 bits per heavy atom. The minimum atomic E-state index is -1.28. The number of carbonyl (C=O) groups excluding carboxylic acids is 1. The van der Waals surface area contributed by atoms with Crippen LogP contribution in [0.25, 0.3) is 0 Å². The molecule has 4 N–H and O–H groups in total. The summed E-state index contributed by atoms with van der Waals surface area (Å²) >= 11 is 0. The fourth-order valence-electron chi connectivity index (χ4n) is 1.98. The second-order valence-electron chi connectivity index (χ2n) is 4.60. The van der Waals surface area contributed by atoms with Gasteiger partial charge in [-0.3, -0.25) is 0 Å². The quantitative estimate of drug-likeness (QED) is 0.530. The number of carboxylic acid groups (broad SMARTS) is 1. The molecule has 1 heterocycles. The van der Waals surface area contributed by atoms with Gasteiger partial charge in [-0.05, 0) is 32.9 Å². The number of amides is 2. The van der Waals surface area contributed by atoms with Gasteiger partial charge in [0.05, 0.1) is 6.10 Å². The first-order valence-corrected chi connectivity index (χ1v) is 6.08. The lowest BCUT2D eigenvalue weighted by Gasteiger charge is -2.32. The van der Waals surface area contributed by atoms with E-state index in [1.54, 1.807) is 7.05 Å². The van der Waals surface area contributed by atoms with E-state index >= 15 is 0 Å². The molecule has 7 heteroatoms. The maximum atomic E-state index is 11.9. The van der Waals surface area contributed by atoms with Gasteiger partial charge in [-0.15, -0.1) is 0 Å². The first-order valence-electron chi connectivity index (χ1n) is 6.08. The van der Waals surface area contributed by atoms with Gasteiger partial charge in [0.2, 0.25) is 0 Å². The van der Waals surface area contributed by atoms with Crippen LogP contribution >= 0.6 is 0 Å². The zero-order valence-electron chi connectivity index (χ0n) is 10.7. The molecule has 2 atom stereocenters.